The Balaban J connectivity index is 1.48. The van der Waals surface area contributed by atoms with Gasteiger partial charge in [0.1, 0.15) is 5.04 Å². The number of hydrogen-bond donors (Lipinski definition) is 1. The van der Waals surface area contributed by atoms with E-state index in [0.717, 1.165) is 34.8 Å². The minimum atomic E-state index is -0.288. The van der Waals surface area contributed by atoms with Gasteiger partial charge in [0, 0.05) is 11.3 Å². The Labute approximate surface area is 157 Å². The highest BCUT2D eigenvalue weighted by molar-refractivity contribution is 8.16. The number of rotatable bonds is 4. The summed E-state index contributed by atoms with van der Waals surface area (Å²) in [6, 6.07) is 19.7. The van der Waals surface area contributed by atoms with E-state index in [0.29, 0.717) is 5.75 Å². The van der Waals surface area contributed by atoms with Gasteiger partial charge < -0.3 is 5.32 Å². The van der Waals surface area contributed by atoms with Crippen LogP contribution < -0.4 is 5.32 Å². The molecule has 0 saturated heterocycles. The lowest BCUT2D eigenvalue weighted by Gasteiger charge is -2.14. The smallest absolute Gasteiger partial charge is 0.234 e. The van der Waals surface area contributed by atoms with E-state index >= 15 is 0 Å². The number of benzene rings is 2. The number of carbonyl (C=O) groups is 1. The number of nitrogens with one attached hydrogen (secondary N) is 1. The molecule has 1 saturated carbocycles. The van der Waals surface area contributed by atoms with E-state index in [9.17, 15) is 4.79 Å². The second-order valence-corrected chi connectivity index (χ2v) is 7.60. The maximum absolute atomic E-state index is 12.3. The molecule has 1 heterocycles. The van der Waals surface area contributed by atoms with Crippen LogP contribution in [0.2, 0.25) is 0 Å². The van der Waals surface area contributed by atoms with Gasteiger partial charge >= 0.3 is 0 Å². The Morgan fingerprint density at radius 2 is 1.62 bits per heavy atom. The van der Waals surface area contributed by atoms with E-state index in [1.54, 1.807) is 0 Å². The zero-order valence-corrected chi connectivity index (χ0v) is 15.3. The number of nitrogens with zero attached hydrogens (tertiary/aromatic N) is 2. The van der Waals surface area contributed by atoms with Crippen molar-refractivity contribution in [1.82, 2.24) is 0 Å². The average Bonchev–Trinajstić information content (AvgIpc) is 3.29. The standard InChI is InChI=1S/C21H21N3OS/c25-18(22-17-11-5-2-6-12-17)15-26-20-19(16-9-3-1-4-10-16)23-21(24-20)13-7-8-14-21/h1-6,9-12H,7-8,13-15H2,(H,22,25). The molecule has 0 bridgehead atoms. The van der Waals surface area contributed by atoms with Crippen molar-refractivity contribution in [3.63, 3.8) is 0 Å². The third-order valence-electron chi connectivity index (χ3n) is 4.68. The number of hydrogen-bond acceptors (Lipinski definition) is 4. The van der Waals surface area contributed by atoms with Crippen LogP contribution in [0, 0.1) is 0 Å². The molecule has 26 heavy (non-hydrogen) atoms. The van der Waals surface area contributed by atoms with Crippen molar-refractivity contribution in [2.45, 2.75) is 31.3 Å². The molecule has 1 amide bonds. The van der Waals surface area contributed by atoms with Gasteiger partial charge in [-0.2, -0.15) is 0 Å². The largest absolute Gasteiger partial charge is 0.325 e. The molecule has 1 aliphatic carbocycles. The average molecular weight is 363 g/mol. The van der Waals surface area contributed by atoms with Gasteiger partial charge in [0.05, 0.1) is 11.5 Å². The van der Waals surface area contributed by atoms with Crippen LogP contribution in [0.3, 0.4) is 0 Å². The maximum atomic E-state index is 12.3. The lowest BCUT2D eigenvalue weighted by Crippen LogP contribution is -2.17. The van der Waals surface area contributed by atoms with Crippen LogP contribution in [0.5, 0.6) is 0 Å². The fraction of sp³-hybridized carbons (Fsp3) is 0.286. The van der Waals surface area contributed by atoms with E-state index in [4.69, 9.17) is 9.98 Å². The molecule has 2 aliphatic rings. The van der Waals surface area contributed by atoms with Gasteiger partial charge in [-0.15, -0.1) is 0 Å². The topological polar surface area (TPSA) is 53.8 Å². The summed E-state index contributed by atoms with van der Waals surface area (Å²) in [5, 5.41) is 3.82. The zero-order valence-electron chi connectivity index (χ0n) is 14.5. The van der Waals surface area contributed by atoms with Gasteiger partial charge in [-0.25, -0.2) is 4.99 Å². The second-order valence-electron chi connectivity index (χ2n) is 6.64. The number of carbonyl (C=O) groups excluding carboxylic acids is 1. The van der Waals surface area contributed by atoms with E-state index in [1.807, 2.05) is 48.5 Å². The van der Waals surface area contributed by atoms with Crippen LogP contribution in [0.4, 0.5) is 5.69 Å². The number of anilines is 1. The Morgan fingerprint density at radius 3 is 2.31 bits per heavy atom. The SMILES string of the molecule is O=C(CSC1=NC2(CCCC2)N=C1c1ccccc1)Nc1ccccc1. The molecule has 0 radical (unpaired) electrons. The summed E-state index contributed by atoms with van der Waals surface area (Å²) >= 11 is 1.48. The highest BCUT2D eigenvalue weighted by Gasteiger charge is 2.39. The van der Waals surface area contributed by atoms with E-state index < -0.39 is 0 Å². The summed E-state index contributed by atoms with van der Waals surface area (Å²) in [7, 11) is 0. The van der Waals surface area contributed by atoms with Crippen molar-refractivity contribution in [3.05, 3.63) is 66.2 Å². The summed E-state index contributed by atoms with van der Waals surface area (Å²) in [5.41, 5.74) is 2.54. The first-order valence-corrected chi connectivity index (χ1v) is 9.96. The quantitative estimate of drug-likeness (QED) is 0.868. The molecule has 0 atom stereocenters. The fourth-order valence-electron chi connectivity index (χ4n) is 3.42. The van der Waals surface area contributed by atoms with Gasteiger partial charge in [-0.05, 0) is 37.8 Å². The van der Waals surface area contributed by atoms with Gasteiger partial charge in [0.15, 0.2) is 5.66 Å². The fourth-order valence-corrected chi connectivity index (χ4v) is 4.30. The first-order chi connectivity index (χ1) is 12.7. The molecule has 2 aromatic carbocycles. The molecule has 5 heteroatoms. The molecule has 1 fully saturated rings. The summed E-state index contributed by atoms with van der Waals surface area (Å²) in [5.74, 6) is 0.305. The van der Waals surface area contributed by atoms with Crippen LogP contribution in [0.1, 0.15) is 31.2 Å². The summed E-state index contributed by atoms with van der Waals surface area (Å²) in [6.45, 7) is 0. The van der Waals surface area contributed by atoms with Crippen LogP contribution >= 0.6 is 11.8 Å². The number of para-hydroxylation sites is 1. The van der Waals surface area contributed by atoms with Crippen molar-refractivity contribution in [1.29, 1.82) is 0 Å². The van der Waals surface area contributed by atoms with E-state index in [-0.39, 0.29) is 11.6 Å². The van der Waals surface area contributed by atoms with Crippen molar-refractivity contribution in [2.24, 2.45) is 9.98 Å². The molecular weight excluding hydrogens is 342 g/mol. The lowest BCUT2D eigenvalue weighted by molar-refractivity contribution is -0.113. The monoisotopic (exact) mass is 363 g/mol. The first-order valence-electron chi connectivity index (χ1n) is 8.97. The normalized spacial score (nSPS) is 17.8. The molecule has 1 N–H and O–H groups in total. The van der Waals surface area contributed by atoms with Crippen molar-refractivity contribution >= 4 is 34.1 Å². The molecule has 2 aromatic rings. The molecule has 1 spiro atoms. The maximum Gasteiger partial charge on any atom is 0.234 e. The number of thioether (sulfide) groups is 1. The zero-order chi connectivity index (χ0) is 17.8. The minimum Gasteiger partial charge on any atom is -0.325 e. The van der Waals surface area contributed by atoms with Crippen molar-refractivity contribution in [2.75, 3.05) is 11.1 Å². The molecule has 0 aromatic heterocycles. The van der Waals surface area contributed by atoms with Gasteiger partial charge in [0.2, 0.25) is 5.91 Å². The minimum absolute atomic E-state index is 0.0244. The molecule has 0 unspecified atom stereocenters. The third kappa shape index (κ3) is 3.73. The number of aliphatic imine (C=N–C) groups is 2. The highest BCUT2D eigenvalue weighted by atomic mass is 32.2. The Kier molecular flexibility index (Phi) is 4.89. The van der Waals surface area contributed by atoms with E-state index in [2.05, 4.69) is 17.4 Å². The Morgan fingerprint density at radius 1 is 0.962 bits per heavy atom. The highest BCUT2D eigenvalue weighted by Crippen LogP contribution is 2.40. The van der Waals surface area contributed by atoms with Crippen molar-refractivity contribution < 1.29 is 4.79 Å². The second kappa shape index (κ2) is 7.46. The van der Waals surface area contributed by atoms with Gasteiger partial charge in [0.25, 0.3) is 0 Å². The molecule has 4 nitrogen and oxygen atoms in total. The Hall–Kier alpha value is -2.40. The van der Waals surface area contributed by atoms with E-state index in [1.165, 1.54) is 24.6 Å². The molecule has 132 valence electrons. The van der Waals surface area contributed by atoms with Crippen LogP contribution in [-0.2, 0) is 4.79 Å². The molecular formula is C21H21N3OS. The predicted octanol–water partition coefficient (Wildman–Crippen LogP) is 4.53. The first kappa shape index (κ1) is 17.0. The summed E-state index contributed by atoms with van der Waals surface area (Å²) < 4.78 is 0. The molecule has 4 rings (SSSR count). The molecule has 1 aliphatic heterocycles. The van der Waals surface area contributed by atoms with Crippen LogP contribution in [0.25, 0.3) is 0 Å². The summed E-state index contributed by atoms with van der Waals surface area (Å²) in [6.07, 6.45) is 4.34. The number of amides is 1. The third-order valence-corrected chi connectivity index (χ3v) is 5.65. The summed E-state index contributed by atoms with van der Waals surface area (Å²) in [4.78, 5) is 22.2. The Bertz CT molecular complexity index is 840. The van der Waals surface area contributed by atoms with Crippen LogP contribution in [0.15, 0.2) is 70.6 Å². The van der Waals surface area contributed by atoms with Gasteiger partial charge in [-0.3, -0.25) is 9.79 Å². The van der Waals surface area contributed by atoms with Gasteiger partial charge in [-0.1, -0.05) is 60.3 Å². The van der Waals surface area contributed by atoms with Crippen molar-refractivity contribution in [3.8, 4) is 0 Å². The van der Waals surface area contributed by atoms with Crippen LogP contribution in [-0.4, -0.2) is 28.1 Å². The predicted molar refractivity (Wildman–Crippen MR) is 109 cm³/mol. The lowest BCUT2D eigenvalue weighted by atomic mass is 10.1.